The number of halogens is 1. The molecule has 0 aliphatic carbocycles. The number of nitrogens with one attached hydrogen (secondary N) is 1. The molecule has 0 spiro atoms. The number of unbranched alkanes of at least 4 members (excludes halogenated alkanes) is 1. The zero-order valence-corrected chi connectivity index (χ0v) is 18.6. The molecule has 29 heavy (non-hydrogen) atoms. The Hall–Kier alpha value is -2.00. The summed E-state index contributed by atoms with van der Waals surface area (Å²) in [6, 6.07) is 11.4. The number of anilines is 1. The van der Waals surface area contributed by atoms with Crippen molar-refractivity contribution in [2.45, 2.75) is 31.6 Å². The van der Waals surface area contributed by atoms with Crippen LogP contribution in [0.3, 0.4) is 0 Å². The van der Waals surface area contributed by atoms with Gasteiger partial charge in [0.05, 0.1) is 14.6 Å². The average molecular weight is 452 g/mol. The molecule has 1 amide bonds. The Morgan fingerprint density at radius 3 is 2.52 bits per heavy atom. The number of thiazole rings is 1. The Labute approximate surface area is 179 Å². The first kappa shape index (κ1) is 21.7. The molecule has 0 saturated carbocycles. The maximum absolute atomic E-state index is 12.8. The highest BCUT2D eigenvalue weighted by atomic mass is 35.5. The van der Waals surface area contributed by atoms with Crippen LogP contribution in [-0.4, -0.2) is 36.7 Å². The van der Waals surface area contributed by atoms with Crippen LogP contribution < -0.4 is 5.32 Å². The van der Waals surface area contributed by atoms with Crippen LogP contribution in [0, 0.1) is 0 Å². The van der Waals surface area contributed by atoms with Gasteiger partial charge in [-0.25, -0.2) is 13.4 Å². The van der Waals surface area contributed by atoms with Crippen LogP contribution in [0.2, 0.25) is 5.02 Å². The first-order valence-electron chi connectivity index (χ1n) is 9.33. The summed E-state index contributed by atoms with van der Waals surface area (Å²) >= 11 is 7.45. The van der Waals surface area contributed by atoms with E-state index in [9.17, 15) is 13.2 Å². The molecule has 154 valence electrons. The van der Waals surface area contributed by atoms with Gasteiger partial charge in [-0.05, 0) is 42.8 Å². The van der Waals surface area contributed by atoms with Crippen molar-refractivity contribution in [3.05, 3.63) is 53.1 Å². The number of hydrogen-bond acceptors (Lipinski definition) is 5. The molecule has 1 N–H and O–H groups in total. The standard InChI is InChI=1S/C20H22ClN3O3S2/c1-3-5-13-24(4-2)29(26,27)15-11-9-14(10-12-15)19(25)23-20-22-18-16(21)7-6-8-17(18)28-20/h6-12H,3-5,13H2,1-2H3,(H,22,23,25). The molecule has 3 rings (SSSR count). The Balaban J connectivity index is 1.76. The van der Waals surface area contributed by atoms with E-state index in [0.29, 0.717) is 34.3 Å². The number of carbonyl (C=O) groups is 1. The molecule has 2 aromatic carbocycles. The minimum absolute atomic E-state index is 0.179. The molecule has 0 radical (unpaired) electrons. The lowest BCUT2D eigenvalue weighted by Crippen LogP contribution is -2.31. The molecule has 1 heterocycles. The number of rotatable bonds is 8. The summed E-state index contributed by atoms with van der Waals surface area (Å²) in [5.74, 6) is -0.359. The SMILES string of the molecule is CCCCN(CC)S(=O)(=O)c1ccc(C(=O)Nc2nc3c(Cl)cccc3s2)cc1. The summed E-state index contributed by atoms with van der Waals surface area (Å²) in [6.45, 7) is 4.73. The Kier molecular flexibility index (Phi) is 6.89. The Morgan fingerprint density at radius 1 is 1.17 bits per heavy atom. The van der Waals surface area contributed by atoms with Crippen molar-refractivity contribution < 1.29 is 13.2 Å². The van der Waals surface area contributed by atoms with E-state index in [1.807, 2.05) is 26.0 Å². The second-order valence-corrected chi connectivity index (χ2v) is 9.81. The predicted octanol–water partition coefficient (Wildman–Crippen LogP) is 5.01. The van der Waals surface area contributed by atoms with Crippen LogP contribution in [0.1, 0.15) is 37.0 Å². The van der Waals surface area contributed by atoms with Gasteiger partial charge in [-0.1, -0.05) is 49.3 Å². The van der Waals surface area contributed by atoms with Gasteiger partial charge in [0, 0.05) is 18.7 Å². The molecule has 0 aliphatic heterocycles. The summed E-state index contributed by atoms with van der Waals surface area (Å²) in [7, 11) is -3.57. The fraction of sp³-hybridized carbons (Fsp3) is 0.300. The van der Waals surface area contributed by atoms with E-state index in [1.165, 1.54) is 39.9 Å². The normalized spacial score (nSPS) is 11.9. The van der Waals surface area contributed by atoms with Crippen LogP contribution >= 0.6 is 22.9 Å². The zero-order chi connectivity index (χ0) is 21.0. The molecule has 9 heteroatoms. The minimum atomic E-state index is -3.57. The minimum Gasteiger partial charge on any atom is -0.298 e. The second kappa shape index (κ2) is 9.21. The molecule has 0 saturated heterocycles. The molecule has 0 aliphatic rings. The van der Waals surface area contributed by atoms with E-state index in [0.717, 1.165) is 17.5 Å². The first-order valence-corrected chi connectivity index (χ1v) is 12.0. The largest absolute Gasteiger partial charge is 0.298 e. The fourth-order valence-electron chi connectivity index (χ4n) is 2.85. The maximum Gasteiger partial charge on any atom is 0.257 e. The smallest absolute Gasteiger partial charge is 0.257 e. The van der Waals surface area contributed by atoms with Crippen LogP contribution in [0.5, 0.6) is 0 Å². The molecular formula is C20H22ClN3O3S2. The zero-order valence-electron chi connectivity index (χ0n) is 16.2. The van der Waals surface area contributed by atoms with Crippen LogP contribution in [0.15, 0.2) is 47.4 Å². The Bertz CT molecular complexity index is 1110. The summed E-state index contributed by atoms with van der Waals surface area (Å²) in [4.78, 5) is 17.1. The van der Waals surface area contributed by atoms with Crippen molar-refractivity contribution in [1.29, 1.82) is 0 Å². The summed E-state index contributed by atoms with van der Waals surface area (Å²) in [5, 5.41) is 3.71. The quantitative estimate of drug-likeness (QED) is 0.521. The average Bonchev–Trinajstić information content (AvgIpc) is 3.12. The first-order chi connectivity index (χ1) is 13.9. The lowest BCUT2D eigenvalue weighted by atomic mass is 10.2. The number of amides is 1. The topological polar surface area (TPSA) is 79.4 Å². The van der Waals surface area contributed by atoms with Crippen molar-refractivity contribution in [3.8, 4) is 0 Å². The van der Waals surface area contributed by atoms with Gasteiger partial charge in [-0.2, -0.15) is 4.31 Å². The van der Waals surface area contributed by atoms with Gasteiger partial charge in [0.1, 0.15) is 5.52 Å². The third kappa shape index (κ3) is 4.78. The molecule has 0 atom stereocenters. The number of benzene rings is 2. The van der Waals surface area contributed by atoms with E-state index < -0.39 is 10.0 Å². The van der Waals surface area contributed by atoms with Gasteiger partial charge in [-0.3, -0.25) is 10.1 Å². The lowest BCUT2D eigenvalue weighted by Gasteiger charge is -2.20. The fourth-order valence-corrected chi connectivity index (χ4v) is 5.50. The van der Waals surface area contributed by atoms with Crippen molar-refractivity contribution in [2.75, 3.05) is 18.4 Å². The highest BCUT2D eigenvalue weighted by Gasteiger charge is 2.23. The molecule has 0 unspecified atom stereocenters. The van der Waals surface area contributed by atoms with Gasteiger partial charge in [0.2, 0.25) is 10.0 Å². The molecule has 1 aromatic heterocycles. The van der Waals surface area contributed by atoms with Gasteiger partial charge in [0.25, 0.3) is 5.91 Å². The molecular weight excluding hydrogens is 430 g/mol. The van der Waals surface area contributed by atoms with Crippen molar-refractivity contribution in [3.63, 3.8) is 0 Å². The maximum atomic E-state index is 12.8. The van der Waals surface area contributed by atoms with Crippen LogP contribution in [-0.2, 0) is 10.0 Å². The number of aromatic nitrogens is 1. The van der Waals surface area contributed by atoms with Crippen LogP contribution in [0.4, 0.5) is 5.13 Å². The van der Waals surface area contributed by atoms with E-state index in [-0.39, 0.29) is 10.8 Å². The van der Waals surface area contributed by atoms with E-state index in [1.54, 1.807) is 6.07 Å². The molecule has 3 aromatic rings. The second-order valence-electron chi connectivity index (χ2n) is 6.43. The van der Waals surface area contributed by atoms with Crippen LogP contribution in [0.25, 0.3) is 10.2 Å². The third-order valence-electron chi connectivity index (χ3n) is 4.46. The molecule has 0 bridgehead atoms. The van der Waals surface area contributed by atoms with Crippen molar-refractivity contribution in [2.24, 2.45) is 0 Å². The van der Waals surface area contributed by atoms with Gasteiger partial charge < -0.3 is 0 Å². The number of fused-ring (bicyclic) bond motifs is 1. The number of sulfonamides is 1. The summed E-state index contributed by atoms with van der Waals surface area (Å²) in [6.07, 6.45) is 1.72. The Morgan fingerprint density at radius 2 is 1.90 bits per heavy atom. The number of hydrogen-bond donors (Lipinski definition) is 1. The van der Waals surface area contributed by atoms with E-state index in [2.05, 4.69) is 10.3 Å². The number of nitrogens with zero attached hydrogens (tertiary/aromatic N) is 2. The van der Waals surface area contributed by atoms with E-state index in [4.69, 9.17) is 11.6 Å². The predicted molar refractivity (Wildman–Crippen MR) is 118 cm³/mol. The lowest BCUT2D eigenvalue weighted by molar-refractivity contribution is 0.102. The number of carbonyl (C=O) groups excluding carboxylic acids is 1. The van der Waals surface area contributed by atoms with Gasteiger partial charge in [-0.15, -0.1) is 0 Å². The van der Waals surface area contributed by atoms with Gasteiger partial charge in [0.15, 0.2) is 5.13 Å². The monoisotopic (exact) mass is 451 g/mol. The molecule has 6 nitrogen and oxygen atoms in total. The van der Waals surface area contributed by atoms with E-state index >= 15 is 0 Å². The van der Waals surface area contributed by atoms with Crippen molar-refractivity contribution >= 4 is 54.2 Å². The summed E-state index contributed by atoms with van der Waals surface area (Å²) in [5.41, 5.74) is 0.994. The summed E-state index contributed by atoms with van der Waals surface area (Å²) < 4.78 is 27.9. The number of para-hydroxylation sites is 1. The highest BCUT2D eigenvalue weighted by molar-refractivity contribution is 7.89. The van der Waals surface area contributed by atoms with Gasteiger partial charge >= 0.3 is 0 Å². The molecule has 0 fully saturated rings. The highest BCUT2D eigenvalue weighted by Crippen LogP contribution is 2.30. The third-order valence-corrected chi connectivity index (χ3v) is 7.69. The van der Waals surface area contributed by atoms with Crippen molar-refractivity contribution in [1.82, 2.24) is 9.29 Å².